The van der Waals surface area contributed by atoms with E-state index in [2.05, 4.69) is 86.1 Å². The van der Waals surface area contributed by atoms with Crippen molar-refractivity contribution in [3.63, 3.8) is 0 Å². The summed E-state index contributed by atoms with van der Waals surface area (Å²) in [6, 6.07) is 15.3. The van der Waals surface area contributed by atoms with E-state index in [-0.39, 0.29) is 0 Å². The molecule has 2 rings (SSSR count). The molecule has 0 nitrogen and oxygen atoms in total. The van der Waals surface area contributed by atoms with E-state index in [1.54, 1.807) is 0 Å². The number of alkyl halides is 1. The highest BCUT2D eigenvalue weighted by molar-refractivity contribution is 9.09. The van der Waals surface area contributed by atoms with E-state index in [9.17, 15) is 0 Å². The van der Waals surface area contributed by atoms with Gasteiger partial charge in [0.2, 0.25) is 0 Å². The van der Waals surface area contributed by atoms with Crippen molar-refractivity contribution in [3.05, 3.63) is 48.0 Å². The molecule has 0 fully saturated rings. The van der Waals surface area contributed by atoms with E-state index in [1.165, 1.54) is 22.8 Å². The molecule has 2 aromatic rings. The van der Waals surface area contributed by atoms with Crippen molar-refractivity contribution in [2.24, 2.45) is 11.3 Å². The molecule has 0 spiro atoms. The average Bonchev–Trinajstić information content (AvgIpc) is 2.38. The lowest BCUT2D eigenvalue weighted by atomic mass is 9.79. The van der Waals surface area contributed by atoms with Gasteiger partial charge in [0, 0.05) is 4.83 Å². The Morgan fingerprint density at radius 2 is 1.65 bits per heavy atom. The lowest BCUT2D eigenvalue weighted by Gasteiger charge is -2.29. The van der Waals surface area contributed by atoms with Crippen LogP contribution in [-0.4, -0.2) is 4.83 Å². The maximum atomic E-state index is 3.89. The van der Waals surface area contributed by atoms with Crippen molar-refractivity contribution in [2.75, 3.05) is 0 Å². The van der Waals surface area contributed by atoms with E-state index in [4.69, 9.17) is 0 Å². The summed E-state index contributed by atoms with van der Waals surface area (Å²) in [4.78, 5) is 0.544. The first-order valence-corrected chi connectivity index (χ1v) is 8.40. The molecule has 2 unspecified atom stereocenters. The first kappa shape index (κ1) is 15.6. The van der Waals surface area contributed by atoms with Crippen LogP contribution in [0.3, 0.4) is 0 Å². The van der Waals surface area contributed by atoms with Crippen molar-refractivity contribution in [1.29, 1.82) is 0 Å². The van der Waals surface area contributed by atoms with Gasteiger partial charge in [-0.05, 0) is 40.5 Å². The minimum Gasteiger partial charge on any atom is -0.0887 e. The van der Waals surface area contributed by atoms with E-state index in [1.807, 2.05) is 0 Å². The van der Waals surface area contributed by atoms with Crippen LogP contribution in [-0.2, 0) is 6.42 Å². The maximum Gasteiger partial charge on any atom is 0.0189 e. The molecule has 108 valence electrons. The standard InChI is InChI=1S/C19H25Br/c1-14(19(2,3)4)12-17(20)13-16-10-7-9-15-8-5-6-11-18(15)16/h5-11,14,17H,12-13H2,1-4H3. The summed E-state index contributed by atoms with van der Waals surface area (Å²) in [5, 5.41) is 2.73. The molecule has 2 aromatic carbocycles. The monoisotopic (exact) mass is 332 g/mol. The topological polar surface area (TPSA) is 0 Å². The lowest BCUT2D eigenvalue weighted by molar-refractivity contribution is 0.246. The van der Waals surface area contributed by atoms with Gasteiger partial charge in [0.05, 0.1) is 0 Å². The van der Waals surface area contributed by atoms with Gasteiger partial charge in [-0.25, -0.2) is 0 Å². The summed E-state index contributed by atoms with van der Waals surface area (Å²) >= 11 is 3.89. The van der Waals surface area contributed by atoms with E-state index < -0.39 is 0 Å². The van der Waals surface area contributed by atoms with Crippen molar-refractivity contribution < 1.29 is 0 Å². The first-order valence-electron chi connectivity index (χ1n) is 7.48. The Balaban J connectivity index is 2.12. The van der Waals surface area contributed by atoms with Gasteiger partial charge in [-0.15, -0.1) is 0 Å². The van der Waals surface area contributed by atoms with Crippen molar-refractivity contribution in [3.8, 4) is 0 Å². The fourth-order valence-electron chi connectivity index (χ4n) is 2.53. The molecular formula is C19H25Br. The fraction of sp³-hybridized carbons (Fsp3) is 0.474. The second kappa shape index (κ2) is 6.30. The molecule has 0 N–H and O–H groups in total. The third-order valence-corrected chi connectivity index (χ3v) is 5.11. The Morgan fingerprint density at radius 3 is 2.35 bits per heavy atom. The number of halogens is 1. The Labute approximate surface area is 131 Å². The van der Waals surface area contributed by atoms with E-state index in [0.29, 0.717) is 16.2 Å². The minimum absolute atomic E-state index is 0.380. The quantitative estimate of drug-likeness (QED) is 0.583. The Hall–Kier alpha value is -0.820. The zero-order valence-electron chi connectivity index (χ0n) is 13.0. The van der Waals surface area contributed by atoms with Crippen molar-refractivity contribution in [1.82, 2.24) is 0 Å². The molecule has 0 bridgehead atoms. The van der Waals surface area contributed by atoms with Crippen molar-refractivity contribution in [2.45, 2.75) is 45.4 Å². The number of hydrogen-bond acceptors (Lipinski definition) is 0. The summed E-state index contributed by atoms with van der Waals surface area (Å²) in [6.45, 7) is 9.34. The zero-order chi connectivity index (χ0) is 14.8. The van der Waals surface area contributed by atoms with Gasteiger partial charge in [0.25, 0.3) is 0 Å². The van der Waals surface area contributed by atoms with Gasteiger partial charge in [-0.3, -0.25) is 0 Å². The largest absolute Gasteiger partial charge is 0.0887 e. The molecule has 0 saturated heterocycles. The van der Waals surface area contributed by atoms with Crippen LogP contribution in [0.4, 0.5) is 0 Å². The Bertz CT molecular complexity index is 560. The van der Waals surface area contributed by atoms with Gasteiger partial charge in [0.15, 0.2) is 0 Å². The molecule has 1 heteroatoms. The van der Waals surface area contributed by atoms with Gasteiger partial charge < -0.3 is 0 Å². The van der Waals surface area contributed by atoms with Crippen LogP contribution >= 0.6 is 15.9 Å². The molecule has 0 heterocycles. The highest BCUT2D eigenvalue weighted by atomic mass is 79.9. The molecule has 0 aliphatic heterocycles. The molecule has 0 amide bonds. The third kappa shape index (κ3) is 3.85. The molecule has 0 aromatic heterocycles. The van der Waals surface area contributed by atoms with Gasteiger partial charge in [-0.1, -0.05) is 86.1 Å². The molecule has 20 heavy (non-hydrogen) atoms. The summed E-state index contributed by atoms with van der Waals surface area (Å²) in [6.07, 6.45) is 2.31. The molecular weight excluding hydrogens is 308 g/mol. The summed E-state index contributed by atoms with van der Waals surface area (Å²) < 4.78 is 0. The average molecular weight is 333 g/mol. The predicted octanol–water partition coefficient (Wildman–Crippen LogP) is 6.22. The maximum absolute atomic E-state index is 3.89. The van der Waals surface area contributed by atoms with E-state index in [0.717, 1.165) is 6.42 Å². The molecule has 2 atom stereocenters. The summed E-state index contributed by atoms with van der Waals surface area (Å²) in [7, 11) is 0. The summed E-state index contributed by atoms with van der Waals surface area (Å²) in [5.74, 6) is 0.710. The number of hydrogen-bond donors (Lipinski definition) is 0. The first-order chi connectivity index (χ1) is 9.38. The Kier molecular flexibility index (Phi) is 4.90. The van der Waals surface area contributed by atoms with Crippen LogP contribution in [0.25, 0.3) is 10.8 Å². The number of benzene rings is 2. The smallest absolute Gasteiger partial charge is 0.0189 e. The van der Waals surface area contributed by atoms with Crippen LogP contribution in [0, 0.1) is 11.3 Å². The predicted molar refractivity (Wildman–Crippen MR) is 93.6 cm³/mol. The molecule has 0 radical (unpaired) electrons. The van der Waals surface area contributed by atoms with Crippen LogP contribution in [0.5, 0.6) is 0 Å². The number of rotatable bonds is 4. The number of fused-ring (bicyclic) bond motifs is 1. The van der Waals surface area contributed by atoms with Gasteiger partial charge in [-0.2, -0.15) is 0 Å². The molecule has 0 aliphatic rings. The fourth-order valence-corrected chi connectivity index (χ4v) is 3.44. The van der Waals surface area contributed by atoms with Gasteiger partial charge >= 0.3 is 0 Å². The van der Waals surface area contributed by atoms with Gasteiger partial charge in [0.1, 0.15) is 0 Å². The second-order valence-electron chi connectivity index (χ2n) is 6.94. The highest BCUT2D eigenvalue weighted by Gasteiger charge is 2.22. The lowest BCUT2D eigenvalue weighted by Crippen LogP contribution is -2.21. The second-order valence-corrected chi connectivity index (χ2v) is 8.24. The zero-order valence-corrected chi connectivity index (χ0v) is 14.6. The normalized spacial score (nSPS) is 15.2. The van der Waals surface area contributed by atoms with Crippen LogP contribution in [0.1, 0.15) is 39.7 Å². The van der Waals surface area contributed by atoms with Crippen LogP contribution in [0.2, 0.25) is 0 Å². The SMILES string of the molecule is CC(CC(Br)Cc1cccc2ccccc12)C(C)(C)C. The summed E-state index contributed by atoms with van der Waals surface area (Å²) in [5.41, 5.74) is 1.83. The molecule has 0 aliphatic carbocycles. The van der Waals surface area contributed by atoms with E-state index >= 15 is 0 Å². The van der Waals surface area contributed by atoms with Crippen LogP contribution < -0.4 is 0 Å². The van der Waals surface area contributed by atoms with Crippen molar-refractivity contribution >= 4 is 26.7 Å². The van der Waals surface area contributed by atoms with Crippen LogP contribution in [0.15, 0.2) is 42.5 Å². The third-order valence-electron chi connectivity index (χ3n) is 4.41. The molecule has 0 saturated carbocycles. The highest BCUT2D eigenvalue weighted by Crippen LogP contribution is 2.32. The minimum atomic E-state index is 0.380. The Morgan fingerprint density at radius 1 is 1.00 bits per heavy atom.